The zero-order chi connectivity index (χ0) is 17.3. The molecule has 0 bridgehead atoms. The molecule has 0 saturated carbocycles. The van der Waals surface area contributed by atoms with Gasteiger partial charge in [-0.3, -0.25) is 4.79 Å². The van der Waals surface area contributed by atoms with Crippen LogP contribution in [0, 0.1) is 11.6 Å². The van der Waals surface area contributed by atoms with E-state index in [2.05, 4.69) is 4.98 Å². The fourth-order valence-electron chi connectivity index (χ4n) is 3.07. The molecule has 2 N–H and O–H groups in total. The number of rotatable bonds is 5. The quantitative estimate of drug-likeness (QED) is 0.705. The lowest BCUT2D eigenvalue weighted by Gasteiger charge is -2.28. The first kappa shape index (κ1) is 15.9. The molecule has 0 aliphatic carbocycles. The molecule has 1 aromatic heterocycles. The lowest BCUT2D eigenvalue weighted by Crippen LogP contribution is -2.38. The Bertz CT molecular complexity index is 935. The third-order valence-corrected chi connectivity index (χ3v) is 4.19. The van der Waals surface area contributed by atoms with Crippen molar-refractivity contribution in [1.82, 2.24) is 4.98 Å². The second-order valence-electron chi connectivity index (χ2n) is 5.45. The molecule has 1 atom stereocenters. The Kier molecular flexibility index (Phi) is 3.89. The molecule has 122 valence electrons. The number of hydrogen-bond donors (Lipinski definition) is 2. The van der Waals surface area contributed by atoms with Crippen LogP contribution in [-0.4, -0.2) is 22.3 Å². The van der Waals surface area contributed by atoms with E-state index < -0.39 is 29.4 Å². The van der Waals surface area contributed by atoms with Crippen LogP contribution >= 0.6 is 0 Å². The number of aldehydes is 1. The SMILES string of the molecule is O=CCC(C(=O)O)(c1ccc(F)cc1F)c1c[nH]c2ccccc12. The largest absolute Gasteiger partial charge is 0.480 e. The van der Waals surface area contributed by atoms with Crippen molar-refractivity contribution in [3.8, 4) is 0 Å². The van der Waals surface area contributed by atoms with Gasteiger partial charge in [0.25, 0.3) is 0 Å². The molecular formula is C18H13F2NO3. The molecule has 1 heterocycles. The van der Waals surface area contributed by atoms with Crippen molar-refractivity contribution < 1.29 is 23.5 Å². The molecule has 3 rings (SSSR count). The monoisotopic (exact) mass is 329 g/mol. The number of carbonyl (C=O) groups excluding carboxylic acids is 1. The van der Waals surface area contributed by atoms with E-state index in [9.17, 15) is 23.5 Å². The molecule has 1 unspecified atom stereocenters. The van der Waals surface area contributed by atoms with Crippen molar-refractivity contribution in [3.05, 3.63) is 71.4 Å². The summed E-state index contributed by atoms with van der Waals surface area (Å²) in [5, 5.41) is 10.5. The molecule has 24 heavy (non-hydrogen) atoms. The first-order valence-electron chi connectivity index (χ1n) is 7.20. The van der Waals surface area contributed by atoms with E-state index >= 15 is 0 Å². The van der Waals surface area contributed by atoms with E-state index in [0.717, 1.165) is 12.1 Å². The Labute approximate surface area is 135 Å². The molecule has 6 heteroatoms. The number of carbonyl (C=O) groups is 2. The molecular weight excluding hydrogens is 316 g/mol. The molecule has 4 nitrogen and oxygen atoms in total. The van der Waals surface area contributed by atoms with E-state index in [1.54, 1.807) is 24.3 Å². The second kappa shape index (κ2) is 5.88. The number of aliphatic carboxylic acids is 1. The molecule has 0 aliphatic heterocycles. The highest BCUT2D eigenvalue weighted by Gasteiger charge is 2.45. The van der Waals surface area contributed by atoms with Crippen LogP contribution in [0.2, 0.25) is 0 Å². The molecule has 2 aromatic carbocycles. The fraction of sp³-hybridized carbons (Fsp3) is 0.111. The molecule has 0 radical (unpaired) electrons. The number of fused-ring (bicyclic) bond motifs is 1. The van der Waals surface area contributed by atoms with Gasteiger partial charge in [0, 0.05) is 35.2 Å². The highest BCUT2D eigenvalue weighted by Crippen LogP contribution is 2.40. The Morgan fingerprint density at radius 2 is 1.92 bits per heavy atom. The lowest BCUT2D eigenvalue weighted by molar-refractivity contribution is -0.143. The van der Waals surface area contributed by atoms with Crippen LogP contribution in [0.3, 0.4) is 0 Å². The average molecular weight is 329 g/mol. The maximum atomic E-state index is 14.4. The average Bonchev–Trinajstić information content (AvgIpc) is 2.97. The number of benzene rings is 2. The van der Waals surface area contributed by atoms with Gasteiger partial charge in [0.2, 0.25) is 0 Å². The predicted molar refractivity (Wildman–Crippen MR) is 83.8 cm³/mol. The van der Waals surface area contributed by atoms with Gasteiger partial charge in [-0.15, -0.1) is 0 Å². The maximum absolute atomic E-state index is 14.4. The highest BCUT2D eigenvalue weighted by molar-refractivity contribution is 5.96. The minimum absolute atomic E-state index is 0.253. The van der Waals surface area contributed by atoms with Crippen molar-refractivity contribution in [2.45, 2.75) is 11.8 Å². The van der Waals surface area contributed by atoms with Crippen LogP contribution in [0.25, 0.3) is 10.9 Å². The Hall–Kier alpha value is -3.02. The Balaban J connectivity index is 2.38. The summed E-state index contributed by atoms with van der Waals surface area (Å²) in [5.41, 5.74) is -1.29. The molecule has 0 aliphatic rings. The lowest BCUT2D eigenvalue weighted by atomic mass is 9.72. The summed E-state index contributed by atoms with van der Waals surface area (Å²) in [7, 11) is 0. The number of hydrogen-bond acceptors (Lipinski definition) is 2. The van der Waals surface area contributed by atoms with Gasteiger partial charge < -0.3 is 14.9 Å². The predicted octanol–water partition coefficient (Wildman–Crippen LogP) is 3.41. The number of nitrogens with one attached hydrogen (secondary N) is 1. The number of H-pyrrole nitrogens is 1. The van der Waals surface area contributed by atoms with Gasteiger partial charge in [-0.25, -0.2) is 8.78 Å². The minimum Gasteiger partial charge on any atom is -0.480 e. The van der Waals surface area contributed by atoms with Gasteiger partial charge in [0.15, 0.2) is 0 Å². The van der Waals surface area contributed by atoms with Crippen molar-refractivity contribution in [3.63, 3.8) is 0 Å². The number of halogens is 2. The molecule has 0 spiro atoms. The van der Waals surface area contributed by atoms with E-state index in [-0.39, 0.29) is 11.1 Å². The molecule has 3 aromatic rings. The first-order valence-corrected chi connectivity index (χ1v) is 7.20. The van der Waals surface area contributed by atoms with Gasteiger partial charge in [0.1, 0.15) is 23.3 Å². The van der Waals surface area contributed by atoms with E-state index in [1.165, 1.54) is 6.20 Å². The maximum Gasteiger partial charge on any atom is 0.319 e. The zero-order valence-electron chi connectivity index (χ0n) is 12.4. The van der Waals surface area contributed by atoms with Crippen molar-refractivity contribution >= 4 is 23.2 Å². The number of aromatic nitrogens is 1. The number of aromatic amines is 1. The van der Waals surface area contributed by atoms with Gasteiger partial charge in [-0.1, -0.05) is 24.3 Å². The molecule has 0 fully saturated rings. The van der Waals surface area contributed by atoms with Crippen LogP contribution < -0.4 is 0 Å². The van der Waals surface area contributed by atoms with Crippen LogP contribution in [-0.2, 0) is 15.0 Å². The zero-order valence-corrected chi connectivity index (χ0v) is 12.4. The summed E-state index contributed by atoms with van der Waals surface area (Å²) in [6, 6.07) is 9.59. The summed E-state index contributed by atoms with van der Waals surface area (Å²) in [6.45, 7) is 0. The van der Waals surface area contributed by atoms with E-state index in [1.807, 2.05) is 0 Å². The highest BCUT2D eigenvalue weighted by atomic mass is 19.1. The minimum atomic E-state index is -1.95. The van der Waals surface area contributed by atoms with E-state index in [4.69, 9.17) is 0 Å². The van der Waals surface area contributed by atoms with Crippen LogP contribution in [0.15, 0.2) is 48.7 Å². The smallest absolute Gasteiger partial charge is 0.319 e. The normalized spacial score (nSPS) is 13.6. The van der Waals surface area contributed by atoms with Crippen molar-refractivity contribution in [2.24, 2.45) is 0 Å². The first-order chi connectivity index (χ1) is 11.5. The molecule has 0 amide bonds. The van der Waals surface area contributed by atoms with Crippen LogP contribution in [0.4, 0.5) is 8.78 Å². The van der Waals surface area contributed by atoms with Crippen molar-refractivity contribution in [1.29, 1.82) is 0 Å². The Morgan fingerprint density at radius 3 is 2.58 bits per heavy atom. The summed E-state index contributed by atoms with van der Waals surface area (Å²) < 4.78 is 27.6. The number of carboxylic acid groups (broad SMARTS) is 1. The third-order valence-electron chi connectivity index (χ3n) is 4.19. The summed E-state index contributed by atoms with van der Waals surface area (Å²) >= 11 is 0. The van der Waals surface area contributed by atoms with Gasteiger partial charge in [-0.05, 0) is 17.7 Å². The van der Waals surface area contributed by atoms with E-state index in [0.29, 0.717) is 23.3 Å². The van der Waals surface area contributed by atoms with Gasteiger partial charge >= 0.3 is 5.97 Å². The Morgan fingerprint density at radius 1 is 1.17 bits per heavy atom. The standard InChI is InChI=1S/C18H13F2NO3/c19-11-5-6-13(15(20)9-11)18(7-8-22,17(23)24)14-10-21-16-4-2-1-3-12(14)16/h1-6,8-10,21H,7H2,(H,23,24). The molecule has 0 saturated heterocycles. The van der Waals surface area contributed by atoms with Gasteiger partial charge in [-0.2, -0.15) is 0 Å². The van der Waals surface area contributed by atoms with Crippen LogP contribution in [0.1, 0.15) is 17.5 Å². The summed E-state index contributed by atoms with van der Waals surface area (Å²) in [6.07, 6.45) is 1.40. The van der Waals surface area contributed by atoms with Crippen molar-refractivity contribution in [2.75, 3.05) is 0 Å². The fourth-order valence-corrected chi connectivity index (χ4v) is 3.07. The summed E-state index contributed by atoms with van der Waals surface area (Å²) in [5.74, 6) is -3.21. The van der Waals surface area contributed by atoms with Gasteiger partial charge in [0.05, 0.1) is 0 Å². The number of para-hydroxylation sites is 1. The third kappa shape index (κ3) is 2.27. The summed E-state index contributed by atoms with van der Waals surface area (Å²) in [4.78, 5) is 26.3. The topological polar surface area (TPSA) is 70.2 Å². The number of carboxylic acids is 1. The van der Waals surface area contributed by atoms with Crippen LogP contribution in [0.5, 0.6) is 0 Å². The second-order valence-corrected chi connectivity index (χ2v) is 5.45.